The summed E-state index contributed by atoms with van der Waals surface area (Å²) < 4.78 is 10.8. The molecule has 0 aliphatic carbocycles. The summed E-state index contributed by atoms with van der Waals surface area (Å²) in [6.07, 6.45) is 2.34. The van der Waals surface area contributed by atoms with Crippen LogP contribution in [0.15, 0.2) is 0 Å². The maximum atomic E-state index is 13.5. The first-order valence-electron chi connectivity index (χ1n) is 18.2. The van der Waals surface area contributed by atoms with Crippen molar-refractivity contribution in [2.45, 2.75) is 52.5 Å². The second-order valence-corrected chi connectivity index (χ2v) is 12.0. The highest BCUT2D eigenvalue weighted by molar-refractivity contribution is 5.79. The fraction of sp³-hybridized carbons (Fsp3) is 0.824. The molecular formula is C34H64N6O12. The number of ether oxygens (including phenoxy) is 2. The molecule has 0 unspecified atom stereocenters. The first kappa shape index (κ1) is 48.7. The third-order valence-corrected chi connectivity index (χ3v) is 8.53. The highest BCUT2D eigenvalue weighted by atomic mass is 16.5. The maximum absolute atomic E-state index is 13.5. The molecule has 2 heterocycles. The standard InChI is InChI=1S/C31H54N6O11.C2H6.CH4O/c1-2-27(39)37(17-20-48-22-21-47-19-5-29(41)42)26-3-6-36(7-4-26)28(40)23-33-10-8-32(16-18-38)9-11-34(24-30(43)44)14-15-35(13-12-33)25-31(45)46;2*1-2/h18,26H,2-17,19-25H2,1H3,(H,41,42)(H,43,44)(H,45,46);1-2H3;2H,1H3. The summed E-state index contributed by atoms with van der Waals surface area (Å²) in [7, 11) is 1.00. The van der Waals surface area contributed by atoms with Crippen molar-refractivity contribution in [3.05, 3.63) is 0 Å². The highest BCUT2D eigenvalue weighted by Gasteiger charge is 2.30. The summed E-state index contributed by atoms with van der Waals surface area (Å²) in [4.78, 5) is 82.1. The van der Waals surface area contributed by atoms with Crippen molar-refractivity contribution in [2.75, 3.05) is 132 Å². The Morgan fingerprint density at radius 2 is 1.10 bits per heavy atom. The fourth-order valence-electron chi connectivity index (χ4n) is 5.80. The topological polar surface area (TPSA) is 221 Å². The zero-order valence-corrected chi connectivity index (χ0v) is 31.7. The van der Waals surface area contributed by atoms with Gasteiger partial charge in [-0.1, -0.05) is 20.8 Å². The number of amides is 2. The number of aliphatic hydroxyl groups excluding tert-OH is 1. The molecule has 0 atom stereocenters. The third kappa shape index (κ3) is 22.0. The van der Waals surface area contributed by atoms with Gasteiger partial charge in [-0.3, -0.25) is 43.6 Å². The monoisotopic (exact) mass is 748 g/mol. The summed E-state index contributed by atoms with van der Waals surface area (Å²) in [5, 5.41) is 34.4. The van der Waals surface area contributed by atoms with Crippen LogP contribution in [0.3, 0.4) is 0 Å². The average molecular weight is 749 g/mol. The van der Waals surface area contributed by atoms with E-state index < -0.39 is 17.9 Å². The molecule has 302 valence electrons. The minimum Gasteiger partial charge on any atom is -0.481 e. The molecule has 0 radical (unpaired) electrons. The number of aliphatic hydroxyl groups is 1. The number of piperidine rings is 1. The molecule has 2 aliphatic rings. The molecule has 0 bridgehead atoms. The second kappa shape index (κ2) is 30.2. The highest BCUT2D eigenvalue weighted by Crippen LogP contribution is 2.18. The molecule has 4 N–H and O–H groups in total. The SMILES string of the molecule is CC.CCC(=O)N(CCOCCOCCC(=O)O)C1CCN(C(=O)CN2CCN(CC=O)CCN(CC(=O)O)CCN(CC(=O)O)CC2)CC1.CO. The Labute approximate surface area is 308 Å². The van der Waals surface area contributed by atoms with Crippen LogP contribution in [-0.4, -0.2) is 224 Å². The summed E-state index contributed by atoms with van der Waals surface area (Å²) >= 11 is 0. The molecule has 2 saturated heterocycles. The number of carbonyl (C=O) groups is 6. The predicted octanol–water partition coefficient (Wildman–Crippen LogP) is -1.05. The number of rotatable bonds is 19. The van der Waals surface area contributed by atoms with E-state index in [2.05, 4.69) is 0 Å². The molecule has 0 aromatic heterocycles. The van der Waals surface area contributed by atoms with E-state index in [9.17, 15) is 39.0 Å². The van der Waals surface area contributed by atoms with Gasteiger partial charge < -0.3 is 44.5 Å². The van der Waals surface area contributed by atoms with E-state index in [-0.39, 0.29) is 63.7 Å². The van der Waals surface area contributed by atoms with Crippen LogP contribution in [0.2, 0.25) is 0 Å². The van der Waals surface area contributed by atoms with Crippen molar-refractivity contribution in [2.24, 2.45) is 0 Å². The van der Waals surface area contributed by atoms with Crippen molar-refractivity contribution >= 4 is 36.0 Å². The first-order valence-corrected chi connectivity index (χ1v) is 18.2. The number of hydrogen-bond acceptors (Lipinski definition) is 13. The second-order valence-electron chi connectivity index (χ2n) is 12.0. The van der Waals surface area contributed by atoms with E-state index >= 15 is 0 Å². The van der Waals surface area contributed by atoms with Crippen LogP contribution in [0.25, 0.3) is 0 Å². The molecule has 0 spiro atoms. The van der Waals surface area contributed by atoms with Gasteiger partial charge in [-0.25, -0.2) is 0 Å². The lowest BCUT2D eigenvalue weighted by atomic mass is 10.0. The minimum absolute atomic E-state index is 0.0114. The quantitative estimate of drug-likeness (QED) is 0.0914. The Hall–Kier alpha value is -3.26. The number of nitrogens with zero attached hydrogens (tertiary/aromatic N) is 6. The Morgan fingerprint density at radius 1 is 0.654 bits per heavy atom. The molecule has 0 saturated carbocycles. The van der Waals surface area contributed by atoms with Gasteiger partial charge in [0.05, 0.1) is 59.0 Å². The van der Waals surface area contributed by atoms with Gasteiger partial charge in [0.15, 0.2) is 0 Å². The smallest absolute Gasteiger partial charge is 0.317 e. The van der Waals surface area contributed by atoms with Crippen molar-refractivity contribution < 1.29 is 58.7 Å². The van der Waals surface area contributed by atoms with Crippen LogP contribution in [0.1, 0.15) is 46.5 Å². The molecule has 2 aliphatic heterocycles. The number of aliphatic carboxylic acids is 3. The number of carbonyl (C=O) groups excluding carboxylic acids is 3. The number of carboxylic acids is 3. The number of likely N-dealkylation sites (tertiary alicyclic amines) is 1. The number of carboxylic acid groups (broad SMARTS) is 3. The predicted molar refractivity (Wildman–Crippen MR) is 192 cm³/mol. The summed E-state index contributed by atoms with van der Waals surface area (Å²) in [6.45, 7) is 11.4. The molecular weight excluding hydrogens is 684 g/mol. The van der Waals surface area contributed by atoms with E-state index in [1.54, 1.807) is 14.7 Å². The molecule has 2 fully saturated rings. The molecule has 0 aromatic rings. The van der Waals surface area contributed by atoms with Gasteiger partial charge >= 0.3 is 17.9 Å². The van der Waals surface area contributed by atoms with Crippen molar-refractivity contribution in [1.29, 1.82) is 0 Å². The van der Waals surface area contributed by atoms with Gasteiger partial charge in [-0.05, 0) is 12.8 Å². The Bertz CT molecular complexity index is 1030. The molecule has 2 rings (SSSR count). The third-order valence-electron chi connectivity index (χ3n) is 8.53. The molecule has 18 heteroatoms. The van der Waals surface area contributed by atoms with Gasteiger partial charge in [0, 0.05) is 91.6 Å². The van der Waals surface area contributed by atoms with E-state index in [4.69, 9.17) is 19.7 Å². The molecule has 2 amide bonds. The van der Waals surface area contributed by atoms with Gasteiger partial charge in [0.1, 0.15) is 6.29 Å². The molecule has 18 nitrogen and oxygen atoms in total. The fourth-order valence-corrected chi connectivity index (χ4v) is 5.80. The minimum atomic E-state index is -0.987. The molecule has 0 aromatic carbocycles. The van der Waals surface area contributed by atoms with Crippen molar-refractivity contribution in [1.82, 2.24) is 29.4 Å². The van der Waals surface area contributed by atoms with E-state index in [0.29, 0.717) is 104 Å². The van der Waals surface area contributed by atoms with Gasteiger partial charge in [-0.2, -0.15) is 0 Å². The Balaban J connectivity index is 0.00000627. The zero-order valence-electron chi connectivity index (χ0n) is 31.7. The van der Waals surface area contributed by atoms with E-state index in [0.717, 1.165) is 13.4 Å². The van der Waals surface area contributed by atoms with Crippen LogP contribution >= 0.6 is 0 Å². The van der Waals surface area contributed by atoms with Gasteiger partial charge in [0.2, 0.25) is 11.8 Å². The van der Waals surface area contributed by atoms with Crippen LogP contribution in [0, 0.1) is 0 Å². The largest absolute Gasteiger partial charge is 0.481 e. The number of hydrogen-bond donors (Lipinski definition) is 4. The Morgan fingerprint density at radius 3 is 1.52 bits per heavy atom. The van der Waals surface area contributed by atoms with Crippen LogP contribution in [0.4, 0.5) is 0 Å². The van der Waals surface area contributed by atoms with E-state index in [1.807, 2.05) is 35.5 Å². The average Bonchev–Trinajstić information content (AvgIpc) is 3.13. The summed E-state index contributed by atoms with van der Waals surface area (Å²) in [5.41, 5.74) is 0. The van der Waals surface area contributed by atoms with Crippen LogP contribution < -0.4 is 0 Å². The van der Waals surface area contributed by atoms with Gasteiger partial charge in [-0.15, -0.1) is 0 Å². The van der Waals surface area contributed by atoms with Crippen LogP contribution in [0.5, 0.6) is 0 Å². The lowest BCUT2D eigenvalue weighted by Crippen LogP contribution is -2.52. The maximum Gasteiger partial charge on any atom is 0.317 e. The molecule has 52 heavy (non-hydrogen) atoms. The zero-order chi connectivity index (χ0) is 39.3. The van der Waals surface area contributed by atoms with Gasteiger partial charge in [0.25, 0.3) is 0 Å². The normalized spacial score (nSPS) is 17.3. The van der Waals surface area contributed by atoms with Crippen molar-refractivity contribution in [3.8, 4) is 0 Å². The Kier molecular flexibility index (Phi) is 28.3. The van der Waals surface area contributed by atoms with Crippen molar-refractivity contribution in [3.63, 3.8) is 0 Å². The summed E-state index contributed by atoms with van der Waals surface area (Å²) in [6, 6.07) is -0.0271. The van der Waals surface area contributed by atoms with Crippen LogP contribution in [-0.2, 0) is 38.2 Å². The lowest BCUT2D eigenvalue weighted by molar-refractivity contribution is -0.140. The first-order chi connectivity index (χ1) is 25.0. The lowest BCUT2D eigenvalue weighted by Gasteiger charge is -2.39. The van der Waals surface area contributed by atoms with E-state index in [1.165, 1.54) is 0 Å². The summed E-state index contributed by atoms with van der Waals surface area (Å²) in [5.74, 6) is -2.93. The number of aldehydes is 1.